The number of benzene rings is 5. The predicted octanol–water partition coefficient (Wildman–Crippen LogP) is 12.7. The van der Waals surface area contributed by atoms with Gasteiger partial charge in [0, 0.05) is 50.4 Å². The smallest absolute Gasteiger partial charge is 0.155 e. The van der Waals surface area contributed by atoms with Crippen LogP contribution in [0.1, 0.15) is 22.8 Å². The molecule has 55 heavy (non-hydrogen) atoms. The summed E-state index contributed by atoms with van der Waals surface area (Å²) in [7, 11) is 0. The third-order valence-corrected chi connectivity index (χ3v) is 10.0. The first-order chi connectivity index (χ1) is 27.3. The average Bonchev–Trinajstić information content (AvgIpc) is 4.08. The third kappa shape index (κ3) is 6.04. The van der Waals surface area contributed by atoms with Crippen molar-refractivity contribution in [3.8, 4) is 50.3 Å². The van der Waals surface area contributed by atoms with Gasteiger partial charge in [-0.25, -0.2) is 9.97 Å². The second-order valence-electron chi connectivity index (χ2n) is 13.5. The van der Waals surface area contributed by atoms with Crippen molar-refractivity contribution in [1.29, 1.82) is 0 Å². The SMILES string of the molecule is C1=Cc2nc1c(-c1ccccc1)c1ccc([nH]1)c(-c1ccccc1)c1nc(c(-c3ccccc3)c3ccc([nH]3)c2-c2ccccc2)C(Oc2ccccc2)=C1. The molecule has 8 aromatic rings. The zero-order chi connectivity index (χ0) is 36.6. The van der Waals surface area contributed by atoms with Crippen molar-refractivity contribution in [3.05, 3.63) is 199 Å². The van der Waals surface area contributed by atoms with E-state index in [4.69, 9.17) is 14.7 Å². The van der Waals surface area contributed by atoms with Crippen molar-refractivity contribution in [1.82, 2.24) is 19.9 Å². The van der Waals surface area contributed by atoms with Crippen LogP contribution in [0.2, 0.25) is 0 Å². The lowest BCUT2D eigenvalue weighted by molar-refractivity contribution is 0.518. The van der Waals surface area contributed by atoms with Gasteiger partial charge in [0.2, 0.25) is 0 Å². The van der Waals surface area contributed by atoms with E-state index in [2.05, 4.69) is 150 Å². The van der Waals surface area contributed by atoms with E-state index in [1.807, 2.05) is 54.6 Å². The number of nitrogens with one attached hydrogen (secondary N) is 2. The molecule has 10 rings (SSSR count). The number of hydrogen-bond acceptors (Lipinski definition) is 3. The van der Waals surface area contributed by atoms with Gasteiger partial charge in [0.25, 0.3) is 0 Å². The molecular formula is C50H34N4O. The second kappa shape index (κ2) is 13.8. The molecule has 5 nitrogen and oxygen atoms in total. The molecule has 0 atom stereocenters. The molecule has 8 bridgehead atoms. The van der Waals surface area contributed by atoms with Crippen LogP contribution in [-0.4, -0.2) is 19.9 Å². The first-order valence-corrected chi connectivity index (χ1v) is 18.4. The number of aromatic nitrogens is 4. The third-order valence-electron chi connectivity index (χ3n) is 10.0. The minimum absolute atomic E-state index is 0.659. The Morgan fingerprint density at radius 1 is 0.345 bits per heavy atom. The number of fused-ring (bicyclic) bond motifs is 8. The molecule has 2 N–H and O–H groups in total. The zero-order valence-electron chi connectivity index (χ0n) is 29.8. The van der Waals surface area contributed by atoms with Gasteiger partial charge in [-0.15, -0.1) is 0 Å². The molecule has 0 saturated carbocycles. The largest absolute Gasteiger partial charge is 0.455 e. The van der Waals surface area contributed by atoms with Gasteiger partial charge in [-0.2, -0.15) is 0 Å². The summed E-state index contributed by atoms with van der Waals surface area (Å²) >= 11 is 0. The van der Waals surface area contributed by atoms with Crippen LogP contribution >= 0.6 is 0 Å². The van der Waals surface area contributed by atoms with Crippen LogP contribution in [0, 0.1) is 0 Å². The predicted molar refractivity (Wildman–Crippen MR) is 227 cm³/mol. The second-order valence-corrected chi connectivity index (χ2v) is 13.5. The molecule has 5 heteroatoms. The Balaban J connectivity index is 1.41. The Morgan fingerprint density at radius 3 is 1.15 bits per heavy atom. The molecule has 0 saturated heterocycles. The Hall–Kier alpha value is -7.50. The lowest BCUT2D eigenvalue weighted by Crippen LogP contribution is -1.96. The topological polar surface area (TPSA) is 66.6 Å². The van der Waals surface area contributed by atoms with Crippen LogP contribution in [0.25, 0.3) is 90.6 Å². The van der Waals surface area contributed by atoms with Gasteiger partial charge < -0.3 is 14.7 Å². The molecule has 0 unspecified atom stereocenters. The summed E-state index contributed by atoms with van der Waals surface area (Å²) in [5, 5.41) is 0. The lowest BCUT2D eigenvalue weighted by Gasteiger charge is -2.10. The van der Waals surface area contributed by atoms with Crippen LogP contribution < -0.4 is 4.74 Å². The molecule has 0 radical (unpaired) electrons. The van der Waals surface area contributed by atoms with Gasteiger partial charge in [0.1, 0.15) is 11.4 Å². The molecule has 2 aliphatic heterocycles. The first-order valence-electron chi connectivity index (χ1n) is 18.4. The van der Waals surface area contributed by atoms with E-state index >= 15 is 0 Å². The highest BCUT2D eigenvalue weighted by molar-refractivity contribution is 6.01. The minimum atomic E-state index is 0.659. The number of aromatic amines is 2. The van der Waals surface area contributed by atoms with Gasteiger partial charge in [0.05, 0.1) is 17.1 Å². The van der Waals surface area contributed by atoms with E-state index in [1.54, 1.807) is 0 Å². The molecule has 260 valence electrons. The van der Waals surface area contributed by atoms with Gasteiger partial charge in [-0.3, -0.25) is 0 Å². The maximum absolute atomic E-state index is 6.77. The number of H-pyrrole nitrogens is 2. The van der Waals surface area contributed by atoms with Crippen molar-refractivity contribution in [3.63, 3.8) is 0 Å². The highest BCUT2D eigenvalue weighted by Gasteiger charge is 2.24. The Labute approximate surface area is 318 Å². The lowest BCUT2D eigenvalue weighted by atomic mass is 10.0. The van der Waals surface area contributed by atoms with E-state index in [0.29, 0.717) is 5.76 Å². The monoisotopic (exact) mass is 706 g/mol. The average molecular weight is 707 g/mol. The van der Waals surface area contributed by atoms with Gasteiger partial charge in [-0.1, -0.05) is 140 Å². The molecule has 5 heterocycles. The Morgan fingerprint density at radius 2 is 0.709 bits per heavy atom. The maximum atomic E-state index is 6.77. The van der Waals surface area contributed by atoms with E-state index in [9.17, 15) is 0 Å². The van der Waals surface area contributed by atoms with E-state index < -0.39 is 0 Å². The van der Waals surface area contributed by atoms with Crippen molar-refractivity contribution in [2.75, 3.05) is 0 Å². The number of hydrogen-bond donors (Lipinski definition) is 2. The van der Waals surface area contributed by atoms with Crippen LogP contribution in [0.3, 0.4) is 0 Å². The van der Waals surface area contributed by atoms with Gasteiger partial charge >= 0.3 is 0 Å². The van der Waals surface area contributed by atoms with E-state index in [1.165, 1.54) is 0 Å². The van der Waals surface area contributed by atoms with Crippen molar-refractivity contribution in [2.24, 2.45) is 0 Å². The van der Waals surface area contributed by atoms with Crippen molar-refractivity contribution >= 4 is 46.1 Å². The summed E-state index contributed by atoms with van der Waals surface area (Å²) in [5.41, 5.74) is 15.1. The van der Waals surface area contributed by atoms with Crippen molar-refractivity contribution < 1.29 is 4.74 Å². The highest BCUT2D eigenvalue weighted by Crippen LogP contribution is 2.40. The van der Waals surface area contributed by atoms with Crippen LogP contribution in [0.4, 0.5) is 0 Å². The molecular weight excluding hydrogens is 673 g/mol. The molecule has 3 aromatic heterocycles. The standard InChI is InChI=1S/C50H34N4O/c1-6-16-33(17-7-1)46-38-26-27-39(51-38)47(34-18-8-2-9-19-34)41-30-31-43(53-41)49(36-22-12-4-13-23-36)50-45(55-37-24-14-5-15-25-37)32-44(54-50)48(35-20-10-3-11-21-35)42-29-28-40(46)52-42/h1-32,52-53H. The normalized spacial score (nSPS) is 12.0. The van der Waals surface area contributed by atoms with Gasteiger partial charge in [-0.05, 0) is 70.8 Å². The maximum Gasteiger partial charge on any atom is 0.155 e. The number of rotatable bonds is 6. The molecule has 0 spiro atoms. The van der Waals surface area contributed by atoms with Crippen LogP contribution in [-0.2, 0) is 0 Å². The number of ether oxygens (including phenoxy) is 1. The molecule has 0 aliphatic carbocycles. The molecule has 0 amide bonds. The van der Waals surface area contributed by atoms with Crippen molar-refractivity contribution in [2.45, 2.75) is 0 Å². The fourth-order valence-corrected chi connectivity index (χ4v) is 7.58. The fourth-order valence-electron chi connectivity index (χ4n) is 7.58. The first kappa shape index (κ1) is 32.2. The minimum Gasteiger partial charge on any atom is -0.455 e. The molecule has 0 fully saturated rings. The summed E-state index contributed by atoms with van der Waals surface area (Å²) in [6.45, 7) is 0. The van der Waals surface area contributed by atoms with E-state index in [0.717, 1.165) is 95.1 Å². The van der Waals surface area contributed by atoms with Crippen LogP contribution in [0.15, 0.2) is 176 Å². The summed E-state index contributed by atoms with van der Waals surface area (Å²) in [4.78, 5) is 18.6. The number of para-hydroxylation sites is 1. The Kier molecular flexibility index (Phi) is 8.08. The summed E-state index contributed by atoms with van der Waals surface area (Å²) in [6.07, 6.45) is 6.33. The molecule has 2 aliphatic rings. The van der Waals surface area contributed by atoms with E-state index in [-0.39, 0.29) is 0 Å². The van der Waals surface area contributed by atoms with Crippen LogP contribution in [0.5, 0.6) is 5.75 Å². The highest BCUT2D eigenvalue weighted by atomic mass is 16.5. The fraction of sp³-hybridized carbons (Fsp3) is 0. The zero-order valence-corrected chi connectivity index (χ0v) is 29.8. The Bertz CT molecular complexity index is 2910. The quantitative estimate of drug-likeness (QED) is 0.181. The molecule has 5 aromatic carbocycles. The summed E-state index contributed by atoms with van der Waals surface area (Å²) in [5.74, 6) is 1.39. The summed E-state index contributed by atoms with van der Waals surface area (Å²) < 4.78 is 6.77. The van der Waals surface area contributed by atoms with Gasteiger partial charge in [0.15, 0.2) is 5.76 Å². The summed E-state index contributed by atoms with van der Waals surface area (Å²) in [6, 6.07) is 60.3. The number of nitrogens with zero attached hydrogens (tertiary/aromatic N) is 2.